The lowest BCUT2D eigenvalue weighted by Crippen LogP contribution is -2.12. The van der Waals surface area contributed by atoms with Crippen molar-refractivity contribution in [2.45, 2.75) is 13.3 Å². The molecule has 0 saturated carbocycles. The van der Waals surface area contributed by atoms with E-state index in [0.717, 1.165) is 21.3 Å². The molecule has 3 aromatic rings. The molecule has 0 fully saturated rings. The molecule has 5 nitrogen and oxygen atoms in total. The smallest absolute Gasteiger partial charge is 0.315 e. The Morgan fingerprint density at radius 1 is 1.03 bits per heavy atom. The van der Waals surface area contributed by atoms with Crippen LogP contribution in [0.2, 0.25) is 0 Å². The minimum atomic E-state index is -0.400. The summed E-state index contributed by atoms with van der Waals surface area (Å²) >= 11 is 3.39. The van der Waals surface area contributed by atoms with Crippen LogP contribution >= 0.6 is 15.9 Å². The Balaban J connectivity index is 1.51. The van der Waals surface area contributed by atoms with Crippen molar-refractivity contribution in [2.24, 2.45) is 0 Å². The number of carbonyl (C=O) groups excluding carboxylic acids is 2. The number of hydrogen-bond acceptors (Lipinski definition) is 5. The Morgan fingerprint density at radius 3 is 2.42 bits per heavy atom. The van der Waals surface area contributed by atoms with E-state index in [-0.39, 0.29) is 18.0 Å². The maximum atomic E-state index is 12.7. The maximum absolute atomic E-state index is 12.7. The van der Waals surface area contributed by atoms with Crippen LogP contribution in [0.3, 0.4) is 0 Å². The van der Waals surface area contributed by atoms with Gasteiger partial charge in [-0.2, -0.15) is 0 Å². The van der Waals surface area contributed by atoms with Crippen LogP contribution in [0.1, 0.15) is 27.0 Å². The summed E-state index contributed by atoms with van der Waals surface area (Å²) in [5, 5.41) is 0. The van der Waals surface area contributed by atoms with Gasteiger partial charge in [0.25, 0.3) is 0 Å². The summed E-state index contributed by atoms with van der Waals surface area (Å²) in [7, 11) is 1.59. The van der Waals surface area contributed by atoms with E-state index in [2.05, 4.69) is 15.9 Å². The first-order valence-electron chi connectivity index (χ1n) is 9.61. The van der Waals surface area contributed by atoms with Crippen LogP contribution in [0.5, 0.6) is 17.2 Å². The van der Waals surface area contributed by atoms with Gasteiger partial charge < -0.3 is 14.2 Å². The molecule has 0 atom stereocenters. The number of benzene rings is 3. The van der Waals surface area contributed by atoms with Gasteiger partial charge >= 0.3 is 5.97 Å². The molecule has 0 unspecified atom stereocenters. The van der Waals surface area contributed by atoms with Crippen molar-refractivity contribution in [1.82, 2.24) is 0 Å². The van der Waals surface area contributed by atoms with Gasteiger partial charge in [-0.25, -0.2) is 0 Å². The van der Waals surface area contributed by atoms with Gasteiger partial charge in [-0.05, 0) is 60.5 Å². The molecule has 31 heavy (non-hydrogen) atoms. The first-order chi connectivity index (χ1) is 14.9. The lowest BCUT2D eigenvalue weighted by atomic mass is 10.1. The average molecular weight is 479 g/mol. The van der Waals surface area contributed by atoms with E-state index in [1.165, 1.54) is 0 Å². The predicted octanol–water partition coefficient (Wildman–Crippen LogP) is 5.53. The molecule has 1 heterocycles. The van der Waals surface area contributed by atoms with Crippen molar-refractivity contribution in [3.8, 4) is 17.2 Å². The zero-order chi connectivity index (χ0) is 22.0. The fraction of sp³-hybridized carbons (Fsp3) is 0.120. The normalized spacial score (nSPS) is 13.6. The minimum Gasteiger partial charge on any atom is -0.497 e. The monoisotopic (exact) mass is 478 g/mol. The quantitative estimate of drug-likeness (QED) is 0.274. The van der Waals surface area contributed by atoms with Crippen LogP contribution < -0.4 is 14.2 Å². The van der Waals surface area contributed by atoms with Gasteiger partial charge in [-0.3, -0.25) is 9.59 Å². The van der Waals surface area contributed by atoms with E-state index in [4.69, 9.17) is 14.2 Å². The van der Waals surface area contributed by atoms with Crippen molar-refractivity contribution in [1.29, 1.82) is 0 Å². The van der Waals surface area contributed by atoms with E-state index >= 15 is 0 Å². The largest absolute Gasteiger partial charge is 0.497 e. The van der Waals surface area contributed by atoms with Crippen LogP contribution in [0, 0.1) is 6.92 Å². The number of allylic oxidation sites excluding steroid dienone is 1. The predicted molar refractivity (Wildman–Crippen MR) is 121 cm³/mol. The lowest BCUT2D eigenvalue weighted by Gasteiger charge is -2.10. The fourth-order valence-electron chi connectivity index (χ4n) is 3.26. The topological polar surface area (TPSA) is 61.8 Å². The van der Waals surface area contributed by atoms with Crippen LogP contribution in [0.4, 0.5) is 0 Å². The molecule has 3 aromatic carbocycles. The van der Waals surface area contributed by atoms with Crippen molar-refractivity contribution in [2.75, 3.05) is 7.11 Å². The maximum Gasteiger partial charge on any atom is 0.315 e. The fourth-order valence-corrected chi connectivity index (χ4v) is 3.52. The molecule has 0 saturated heterocycles. The number of rotatable bonds is 5. The molecular weight excluding hydrogens is 460 g/mol. The third-order valence-electron chi connectivity index (χ3n) is 4.94. The summed E-state index contributed by atoms with van der Waals surface area (Å²) in [6, 6.07) is 18.0. The summed E-state index contributed by atoms with van der Waals surface area (Å²) in [5.74, 6) is 1.15. The zero-order valence-electron chi connectivity index (χ0n) is 17.0. The molecule has 156 valence electrons. The van der Waals surface area contributed by atoms with E-state index in [9.17, 15) is 9.59 Å². The van der Waals surface area contributed by atoms with Crippen molar-refractivity contribution in [3.63, 3.8) is 0 Å². The number of Topliss-reactive ketones (excluding diaryl/α,β-unsaturated/α-hetero) is 1. The number of ether oxygens (including phenoxy) is 3. The molecule has 4 rings (SSSR count). The molecule has 6 heteroatoms. The highest BCUT2D eigenvalue weighted by atomic mass is 79.9. The number of halogens is 1. The Labute approximate surface area is 188 Å². The molecule has 1 aliphatic heterocycles. The summed E-state index contributed by atoms with van der Waals surface area (Å²) in [5.41, 5.74) is 2.72. The summed E-state index contributed by atoms with van der Waals surface area (Å²) in [4.78, 5) is 25.1. The number of hydrogen-bond donors (Lipinski definition) is 0. The van der Waals surface area contributed by atoms with Gasteiger partial charge in [0, 0.05) is 10.0 Å². The molecule has 0 bridgehead atoms. The third kappa shape index (κ3) is 4.54. The van der Waals surface area contributed by atoms with Crippen molar-refractivity contribution < 1.29 is 23.8 Å². The highest BCUT2D eigenvalue weighted by Gasteiger charge is 2.30. The van der Waals surface area contributed by atoms with E-state index in [1.54, 1.807) is 44.4 Å². The highest BCUT2D eigenvalue weighted by molar-refractivity contribution is 9.10. The summed E-state index contributed by atoms with van der Waals surface area (Å²) < 4.78 is 17.5. The number of fused-ring (bicyclic) bond motifs is 1. The standard InChI is InChI=1S/C25H19BrO5/c1-15-21(30-23(27)14-17-5-9-19(29-2)10-6-17)12-11-20-24(28)22(31-25(15)20)13-16-3-7-18(26)8-4-16/h3-13H,14H2,1-2H3/b22-13-. The second kappa shape index (κ2) is 8.78. The number of methoxy groups -OCH3 is 1. The SMILES string of the molecule is COc1ccc(CC(=O)Oc2ccc3c(c2C)O/C(=C\c2ccc(Br)cc2)C3=O)cc1. The second-order valence-corrected chi connectivity index (χ2v) is 7.97. The minimum absolute atomic E-state index is 0.120. The van der Waals surface area contributed by atoms with Gasteiger partial charge in [0.15, 0.2) is 5.76 Å². The average Bonchev–Trinajstić information content (AvgIpc) is 3.08. The lowest BCUT2D eigenvalue weighted by molar-refractivity contribution is -0.133. The molecule has 0 amide bonds. The molecule has 0 aliphatic carbocycles. The van der Waals surface area contributed by atoms with E-state index < -0.39 is 5.97 Å². The molecule has 0 radical (unpaired) electrons. The van der Waals surface area contributed by atoms with Gasteiger partial charge in [0.1, 0.15) is 17.2 Å². The second-order valence-electron chi connectivity index (χ2n) is 7.06. The van der Waals surface area contributed by atoms with E-state index in [1.807, 2.05) is 36.4 Å². The summed E-state index contributed by atoms with van der Waals surface area (Å²) in [6.45, 7) is 1.77. The van der Waals surface area contributed by atoms with Gasteiger partial charge in [-0.15, -0.1) is 0 Å². The molecule has 0 spiro atoms. The Bertz CT molecular complexity index is 1180. The zero-order valence-corrected chi connectivity index (χ0v) is 18.6. The molecular formula is C25H19BrO5. The number of carbonyl (C=O) groups is 2. The highest BCUT2D eigenvalue weighted by Crippen LogP contribution is 2.39. The Hall–Kier alpha value is -3.38. The van der Waals surface area contributed by atoms with Crippen LogP contribution in [-0.4, -0.2) is 18.9 Å². The first-order valence-corrected chi connectivity index (χ1v) is 10.4. The van der Waals surface area contributed by atoms with Crippen LogP contribution in [0.15, 0.2) is 70.9 Å². The molecule has 0 aromatic heterocycles. The third-order valence-corrected chi connectivity index (χ3v) is 5.46. The number of esters is 1. The summed E-state index contributed by atoms with van der Waals surface area (Å²) in [6.07, 6.45) is 1.82. The Morgan fingerprint density at radius 2 is 1.74 bits per heavy atom. The first kappa shape index (κ1) is 20.9. The van der Waals surface area contributed by atoms with Crippen LogP contribution in [0.25, 0.3) is 6.08 Å². The Kier molecular flexibility index (Phi) is 5.91. The van der Waals surface area contributed by atoms with E-state index in [0.29, 0.717) is 22.6 Å². The molecule has 0 N–H and O–H groups in total. The molecule has 1 aliphatic rings. The number of ketones is 1. The van der Waals surface area contributed by atoms with Gasteiger partial charge in [0.05, 0.1) is 19.1 Å². The van der Waals surface area contributed by atoms with Crippen LogP contribution in [-0.2, 0) is 11.2 Å². The van der Waals surface area contributed by atoms with Gasteiger partial charge in [0.2, 0.25) is 5.78 Å². The van der Waals surface area contributed by atoms with Gasteiger partial charge in [-0.1, -0.05) is 40.2 Å². The van der Waals surface area contributed by atoms with Crippen molar-refractivity contribution >= 4 is 33.8 Å². The van der Waals surface area contributed by atoms with Crippen molar-refractivity contribution in [3.05, 3.63) is 93.1 Å².